The van der Waals surface area contributed by atoms with Crippen LogP contribution in [0, 0.1) is 11.8 Å². The first-order valence-corrected chi connectivity index (χ1v) is 9.19. The summed E-state index contributed by atoms with van der Waals surface area (Å²) in [5.74, 6) is -2.62. The van der Waals surface area contributed by atoms with Crippen molar-refractivity contribution in [3.63, 3.8) is 0 Å². The lowest BCUT2D eigenvalue weighted by Gasteiger charge is -2.23. The predicted octanol–water partition coefficient (Wildman–Crippen LogP) is 4.72. The number of carboxylic acid groups (broad SMARTS) is 1. The number of nitrogens with zero attached hydrogens (tertiary/aromatic N) is 1. The Labute approximate surface area is 158 Å². The molecule has 0 saturated heterocycles. The van der Waals surface area contributed by atoms with E-state index in [-0.39, 0.29) is 5.91 Å². The fourth-order valence-electron chi connectivity index (χ4n) is 2.72. The van der Waals surface area contributed by atoms with Gasteiger partial charge in [-0.25, -0.2) is 4.98 Å². The Morgan fingerprint density at radius 3 is 2.64 bits per heavy atom. The number of allylic oxidation sites excluding steroid dienone is 2. The number of nitrogens with one attached hydrogen (secondary N) is 1. The van der Waals surface area contributed by atoms with Crippen LogP contribution in [0.1, 0.15) is 12.8 Å². The number of halogens is 2. The number of rotatable bonds is 4. The van der Waals surface area contributed by atoms with Crippen molar-refractivity contribution < 1.29 is 14.7 Å². The molecule has 2 N–H and O–H groups in total. The average molecular weight is 397 g/mol. The molecular weight excluding hydrogens is 383 g/mol. The molecule has 130 valence electrons. The van der Waals surface area contributed by atoms with E-state index >= 15 is 0 Å². The zero-order valence-electron chi connectivity index (χ0n) is 12.9. The lowest BCUT2D eigenvalue weighted by molar-refractivity contribution is -0.146. The Morgan fingerprint density at radius 1 is 1.20 bits per heavy atom. The van der Waals surface area contributed by atoms with E-state index in [1.807, 2.05) is 6.08 Å². The van der Waals surface area contributed by atoms with Crippen molar-refractivity contribution in [2.45, 2.75) is 12.8 Å². The van der Waals surface area contributed by atoms with Gasteiger partial charge >= 0.3 is 5.97 Å². The normalized spacial score (nSPS) is 19.6. The third-order valence-electron chi connectivity index (χ3n) is 4.03. The zero-order chi connectivity index (χ0) is 18.0. The second-order valence-corrected chi connectivity index (χ2v) is 7.35. The molecule has 0 spiro atoms. The van der Waals surface area contributed by atoms with Gasteiger partial charge in [-0.2, -0.15) is 0 Å². The Kier molecular flexibility index (Phi) is 5.42. The summed E-state index contributed by atoms with van der Waals surface area (Å²) in [7, 11) is 0. The molecule has 2 aromatic rings. The number of aromatic nitrogens is 1. The Bertz CT molecular complexity index is 850. The maximum atomic E-state index is 12.5. The van der Waals surface area contributed by atoms with Crippen LogP contribution in [0.25, 0.3) is 11.3 Å². The number of carbonyl (C=O) groups excluding carboxylic acids is 1. The minimum atomic E-state index is -0.963. The lowest BCUT2D eigenvalue weighted by Crippen LogP contribution is -2.34. The van der Waals surface area contributed by atoms with Crippen LogP contribution in [-0.2, 0) is 9.59 Å². The minimum absolute atomic E-state index is 0.338. The number of carbonyl (C=O) groups is 2. The number of aliphatic carboxylic acids is 1. The summed E-state index contributed by atoms with van der Waals surface area (Å²) < 4.78 is 0. The Hall–Kier alpha value is -1.89. The van der Waals surface area contributed by atoms with Gasteiger partial charge in [0.25, 0.3) is 0 Å². The van der Waals surface area contributed by atoms with E-state index in [0.717, 1.165) is 0 Å². The van der Waals surface area contributed by atoms with Crippen LogP contribution < -0.4 is 5.32 Å². The summed E-state index contributed by atoms with van der Waals surface area (Å²) in [6, 6.07) is 5.07. The molecule has 0 bridgehead atoms. The van der Waals surface area contributed by atoms with Crippen molar-refractivity contribution in [1.29, 1.82) is 0 Å². The van der Waals surface area contributed by atoms with Gasteiger partial charge in [0.2, 0.25) is 5.91 Å². The molecule has 0 radical (unpaired) electrons. The molecule has 1 aromatic carbocycles. The monoisotopic (exact) mass is 396 g/mol. The molecule has 2 atom stereocenters. The first kappa shape index (κ1) is 17.9. The maximum absolute atomic E-state index is 12.5. The van der Waals surface area contributed by atoms with E-state index in [2.05, 4.69) is 10.3 Å². The van der Waals surface area contributed by atoms with Crippen molar-refractivity contribution in [2.24, 2.45) is 11.8 Å². The van der Waals surface area contributed by atoms with Gasteiger partial charge in [-0.3, -0.25) is 9.59 Å². The number of hydrogen-bond acceptors (Lipinski definition) is 4. The van der Waals surface area contributed by atoms with Gasteiger partial charge in [0, 0.05) is 16.0 Å². The number of benzene rings is 1. The van der Waals surface area contributed by atoms with Gasteiger partial charge in [0.15, 0.2) is 5.13 Å². The van der Waals surface area contributed by atoms with E-state index in [4.69, 9.17) is 23.2 Å². The first-order chi connectivity index (χ1) is 12.0. The molecule has 1 heterocycles. The molecule has 25 heavy (non-hydrogen) atoms. The van der Waals surface area contributed by atoms with E-state index in [0.29, 0.717) is 39.3 Å². The van der Waals surface area contributed by atoms with Crippen LogP contribution in [-0.4, -0.2) is 22.0 Å². The summed E-state index contributed by atoms with van der Waals surface area (Å²) in [5.41, 5.74) is 1.28. The molecule has 5 nitrogen and oxygen atoms in total. The van der Waals surface area contributed by atoms with Gasteiger partial charge < -0.3 is 10.4 Å². The highest BCUT2D eigenvalue weighted by atomic mass is 35.5. The quantitative estimate of drug-likeness (QED) is 0.732. The second kappa shape index (κ2) is 7.56. The summed E-state index contributed by atoms with van der Waals surface area (Å²) in [6.07, 6.45) is 4.39. The molecular formula is C17H14Cl2N2O3S. The van der Waals surface area contributed by atoms with Gasteiger partial charge in [-0.05, 0) is 31.0 Å². The molecule has 8 heteroatoms. The molecule has 0 saturated carbocycles. The van der Waals surface area contributed by atoms with Gasteiger partial charge in [0.1, 0.15) is 0 Å². The predicted molar refractivity (Wildman–Crippen MR) is 99.2 cm³/mol. The lowest BCUT2D eigenvalue weighted by atomic mass is 9.82. The van der Waals surface area contributed by atoms with Crippen molar-refractivity contribution in [1.82, 2.24) is 4.98 Å². The van der Waals surface area contributed by atoms with Crippen molar-refractivity contribution in [2.75, 3.05) is 5.32 Å². The van der Waals surface area contributed by atoms with Crippen LogP contribution in [0.15, 0.2) is 35.7 Å². The highest BCUT2D eigenvalue weighted by molar-refractivity contribution is 7.14. The number of anilines is 1. The Balaban J connectivity index is 1.77. The fraction of sp³-hybridized carbons (Fsp3) is 0.235. The number of carboxylic acids is 1. The van der Waals surface area contributed by atoms with E-state index in [1.165, 1.54) is 11.3 Å². The molecule has 0 unspecified atom stereocenters. The number of thiazole rings is 1. The third kappa shape index (κ3) is 4.03. The summed E-state index contributed by atoms with van der Waals surface area (Å²) >= 11 is 13.4. The topological polar surface area (TPSA) is 79.3 Å². The SMILES string of the molecule is O=C(O)[C@H]1CC=CC[C@@H]1C(=O)Nc1nc(-c2cc(Cl)ccc2Cl)cs1. The van der Waals surface area contributed by atoms with Crippen LogP contribution in [0.3, 0.4) is 0 Å². The molecule has 0 aliphatic heterocycles. The summed E-state index contributed by atoms with van der Waals surface area (Å²) in [5, 5.41) is 15.2. The molecule has 1 aliphatic carbocycles. The molecule has 1 aliphatic rings. The van der Waals surface area contributed by atoms with E-state index in [9.17, 15) is 14.7 Å². The highest BCUT2D eigenvalue weighted by Gasteiger charge is 2.34. The molecule has 0 fully saturated rings. The van der Waals surface area contributed by atoms with Crippen LogP contribution in [0.5, 0.6) is 0 Å². The number of amides is 1. The molecule has 3 rings (SSSR count). The molecule has 1 aromatic heterocycles. The Morgan fingerprint density at radius 2 is 1.92 bits per heavy atom. The van der Waals surface area contributed by atoms with Crippen LogP contribution >= 0.6 is 34.5 Å². The minimum Gasteiger partial charge on any atom is -0.481 e. The largest absolute Gasteiger partial charge is 0.481 e. The van der Waals surface area contributed by atoms with Gasteiger partial charge in [-0.15, -0.1) is 11.3 Å². The van der Waals surface area contributed by atoms with Gasteiger partial charge in [0.05, 0.1) is 22.6 Å². The van der Waals surface area contributed by atoms with Crippen LogP contribution in [0.2, 0.25) is 10.0 Å². The average Bonchev–Trinajstić information content (AvgIpc) is 3.05. The fourth-order valence-corrected chi connectivity index (χ4v) is 3.82. The first-order valence-electron chi connectivity index (χ1n) is 7.55. The number of hydrogen-bond donors (Lipinski definition) is 2. The summed E-state index contributed by atoms with van der Waals surface area (Å²) in [4.78, 5) is 28.2. The van der Waals surface area contributed by atoms with E-state index < -0.39 is 17.8 Å². The van der Waals surface area contributed by atoms with Crippen molar-refractivity contribution in [3.05, 3.63) is 45.8 Å². The maximum Gasteiger partial charge on any atom is 0.307 e. The van der Waals surface area contributed by atoms with Crippen LogP contribution in [0.4, 0.5) is 5.13 Å². The van der Waals surface area contributed by atoms with Crippen molar-refractivity contribution in [3.8, 4) is 11.3 Å². The molecule has 1 amide bonds. The second-order valence-electron chi connectivity index (χ2n) is 5.65. The van der Waals surface area contributed by atoms with Crippen molar-refractivity contribution >= 4 is 51.5 Å². The highest BCUT2D eigenvalue weighted by Crippen LogP contribution is 2.33. The zero-order valence-corrected chi connectivity index (χ0v) is 15.2. The van der Waals surface area contributed by atoms with Gasteiger partial charge in [-0.1, -0.05) is 35.4 Å². The smallest absolute Gasteiger partial charge is 0.307 e. The van der Waals surface area contributed by atoms with E-state index in [1.54, 1.807) is 29.7 Å². The third-order valence-corrected chi connectivity index (χ3v) is 5.35. The summed E-state index contributed by atoms with van der Waals surface area (Å²) in [6.45, 7) is 0. The standard InChI is InChI=1S/C17H14Cl2N2O3S/c18-9-5-6-13(19)12(7-9)14-8-25-17(20-14)21-15(22)10-3-1-2-4-11(10)16(23)24/h1-2,5-8,10-11H,3-4H2,(H,23,24)(H,20,21,22)/t10-,11-/m0/s1.